The molecule has 3 N–H and O–H groups in total. The Morgan fingerprint density at radius 1 is 1.33 bits per heavy atom. The highest BCUT2D eigenvalue weighted by molar-refractivity contribution is 5.92. The number of nitrogens with two attached hydrogens (primary N) is 1. The van der Waals surface area contributed by atoms with E-state index < -0.39 is 0 Å². The van der Waals surface area contributed by atoms with Crippen LogP contribution in [0.1, 0.15) is 32.8 Å². The molecular formula is C17H29N3O. The highest BCUT2D eigenvalue weighted by Gasteiger charge is 2.23. The van der Waals surface area contributed by atoms with E-state index in [1.807, 2.05) is 32.3 Å². The normalized spacial score (nSPS) is 13.3. The van der Waals surface area contributed by atoms with Gasteiger partial charge in [-0.3, -0.25) is 4.79 Å². The zero-order valence-corrected chi connectivity index (χ0v) is 13.9. The van der Waals surface area contributed by atoms with Crippen LogP contribution in [0, 0.1) is 11.3 Å². The first-order valence-electron chi connectivity index (χ1n) is 7.46. The zero-order chi connectivity index (χ0) is 16.0. The van der Waals surface area contributed by atoms with Gasteiger partial charge in [0.2, 0.25) is 5.91 Å². The Kier molecular flexibility index (Phi) is 6.37. The van der Waals surface area contributed by atoms with Crippen LogP contribution in [0.15, 0.2) is 24.3 Å². The van der Waals surface area contributed by atoms with E-state index in [0.29, 0.717) is 6.54 Å². The van der Waals surface area contributed by atoms with Crippen LogP contribution < -0.4 is 11.1 Å². The van der Waals surface area contributed by atoms with Gasteiger partial charge in [-0.15, -0.1) is 0 Å². The molecule has 0 aliphatic heterocycles. The third-order valence-electron chi connectivity index (χ3n) is 3.21. The van der Waals surface area contributed by atoms with E-state index in [0.717, 1.165) is 18.7 Å². The van der Waals surface area contributed by atoms with Crippen molar-refractivity contribution in [3.05, 3.63) is 29.8 Å². The Hall–Kier alpha value is -1.39. The monoisotopic (exact) mass is 291 g/mol. The standard InChI is InChI=1S/C17H29N3O/c1-17(2,3)10-14(11-18)16(21)19-15-8-6-7-13(9-15)12-20(4)5/h6-9,14H,10-12,18H2,1-5H3,(H,19,21). The first-order valence-corrected chi connectivity index (χ1v) is 7.46. The number of benzene rings is 1. The fourth-order valence-corrected chi connectivity index (χ4v) is 2.38. The van der Waals surface area contributed by atoms with Crippen molar-refractivity contribution in [1.29, 1.82) is 0 Å². The van der Waals surface area contributed by atoms with Gasteiger partial charge in [0.1, 0.15) is 0 Å². The predicted molar refractivity (Wildman–Crippen MR) is 89.1 cm³/mol. The van der Waals surface area contributed by atoms with Gasteiger partial charge in [0.05, 0.1) is 5.92 Å². The lowest BCUT2D eigenvalue weighted by molar-refractivity contribution is -0.120. The van der Waals surface area contributed by atoms with E-state index in [-0.39, 0.29) is 17.2 Å². The lowest BCUT2D eigenvalue weighted by atomic mass is 9.84. The van der Waals surface area contributed by atoms with Gasteiger partial charge in [0.25, 0.3) is 0 Å². The fraction of sp³-hybridized carbons (Fsp3) is 0.588. The second-order valence-electron chi connectivity index (χ2n) is 7.12. The third kappa shape index (κ3) is 6.74. The van der Waals surface area contributed by atoms with Crippen LogP contribution in [-0.4, -0.2) is 31.4 Å². The topological polar surface area (TPSA) is 58.4 Å². The number of anilines is 1. The molecule has 0 bridgehead atoms. The van der Waals surface area contributed by atoms with E-state index in [2.05, 4.69) is 37.1 Å². The van der Waals surface area contributed by atoms with Crippen LogP contribution in [0.3, 0.4) is 0 Å². The maximum absolute atomic E-state index is 12.4. The van der Waals surface area contributed by atoms with Crippen molar-refractivity contribution in [3.8, 4) is 0 Å². The van der Waals surface area contributed by atoms with Gasteiger partial charge in [-0.05, 0) is 43.6 Å². The first kappa shape index (κ1) is 17.7. The molecule has 21 heavy (non-hydrogen) atoms. The molecule has 1 rings (SSSR count). The summed E-state index contributed by atoms with van der Waals surface area (Å²) >= 11 is 0. The molecule has 1 amide bonds. The molecule has 0 spiro atoms. The second kappa shape index (κ2) is 7.57. The largest absolute Gasteiger partial charge is 0.330 e. The van der Waals surface area contributed by atoms with Gasteiger partial charge in [-0.1, -0.05) is 32.9 Å². The molecule has 1 atom stereocenters. The summed E-state index contributed by atoms with van der Waals surface area (Å²) in [6.45, 7) is 7.61. The minimum atomic E-state index is -0.150. The Labute approximate surface area is 128 Å². The van der Waals surface area contributed by atoms with Crippen molar-refractivity contribution in [2.24, 2.45) is 17.1 Å². The van der Waals surface area contributed by atoms with Gasteiger partial charge in [0, 0.05) is 18.8 Å². The van der Waals surface area contributed by atoms with Gasteiger partial charge in [-0.25, -0.2) is 0 Å². The second-order valence-corrected chi connectivity index (χ2v) is 7.12. The SMILES string of the molecule is CN(C)Cc1cccc(NC(=O)C(CN)CC(C)(C)C)c1. The molecule has 4 nitrogen and oxygen atoms in total. The average molecular weight is 291 g/mol. The molecule has 1 aromatic carbocycles. The highest BCUT2D eigenvalue weighted by atomic mass is 16.1. The number of hydrogen-bond donors (Lipinski definition) is 2. The van der Waals surface area contributed by atoms with Crippen molar-refractivity contribution in [1.82, 2.24) is 4.90 Å². The van der Waals surface area contributed by atoms with E-state index in [4.69, 9.17) is 5.73 Å². The van der Waals surface area contributed by atoms with Crippen LogP contribution in [0.4, 0.5) is 5.69 Å². The summed E-state index contributed by atoms with van der Waals surface area (Å²) in [6.07, 6.45) is 0.784. The lowest BCUT2D eigenvalue weighted by Gasteiger charge is -2.24. The van der Waals surface area contributed by atoms with Gasteiger partial charge in [0.15, 0.2) is 0 Å². The number of carbonyl (C=O) groups excluding carboxylic acids is 1. The molecule has 0 aliphatic rings. The number of nitrogens with one attached hydrogen (secondary N) is 1. The number of nitrogens with zero attached hydrogens (tertiary/aromatic N) is 1. The van der Waals surface area contributed by atoms with Gasteiger partial charge in [-0.2, -0.15) is 0 Å². The highest BCUT2D eigenvalue weighted by Crippen LogP contribution is 2.25. The van der Waals surface area contributed by atoms with E-state index in [1.165, 1.54) is 5.56 Å². The number of carbonyl (C=O) groups is 1. The Morgan fingerprint density at radius 3 is 2.52 bits per heavy atom. The Morgan fingerprint density at radius 2 is 2.00 bits per heavy atom. The number of rotatable bonds is 6. The summed E-state index contributed by atoms with van der Waals surface area (Å²) in [6, 6.07) is 7.96. The summed E-state index contributed by atoms with van der Waals surface area (Å²) in [4.78, 5) is 14.5. The van der Waals surface area contributed by atoms with Gasteiger partial charge >= 0.3 is 0 Å². The van der Waals surface area contributed by atoms with Crippen molar-refractivity contribution < 1.29 is 4.79 Å². The minimum absolute atomic E-state index is 0.00873. The molecule has 0 aromatic heterocycles. The summed E-state index contributed by atoms with van der Waals surface area (Å²) in [5.41, 5.74) is 7.87. The average Bonchev–Trinajstić information content (AvgIpc) is 2.34. The minimum Gasteiger partial charge on any atom is -0.330 e. The zero-order valence-electron chi connectivity index (χ0n) is 13.9. The molecule has 1 unspecified atom stereocenters. The molecule has 4 heteroatoms. The third-order valence-corrected chi connectivity index (χ3v) is 3.21. The maximum atomic E-state index is 12.4. The van der Waals surface area contributed by atoms with Crippen LogP contribution in [0.2, 0.25) is 0 Å². The molecular weight excluding hydrogens is 262 g/mol. The molecule has 0 saturated carbocycles. The Bertz CT molecular complexity index is 463. The summed E-state index contributed by atoms with van der Waals surface area (Å²) < 4.78 is 0. The van der Waals surface area contributed by atoms with Crippen LogP contribution in [0.25, 0.3) is 0 Å². The fourth-order valence-electron chi connectivity index (χ4n) is 2.38. The first-order chi connectivity index (χ1) is 9.71. The molecule has 118 valence electrons. The molecule has 0 heterocycles. The molecule has 0 aliphatic carbocycles. The van der Waals surface area contributed by atoms with Crippen LogP contribution >= 0.6 is 0 Å². The summed E-state index contributed by atoms with van der Waals surface area (Å²) in [5, 5.41) is 2.99. The smallest absolute Gasteiger partial charge is 0.228 e. The van der Waals surface area contributed by atoms with Gasteiger partial charge < -0.3 is 16.0 Å². The van der Waals surface area contributed by atoms with E-state index in [1.54, 1.807) is 0 Å². The predicted octanol–water partition coefficient (Wildman–Crippen LogP) is 2.70. The number of amides is 1. The molecule has 1 aromatic rings. The number of hydrogen-bond acceptors (Lipinski definition) is 3. The summed E-state index contributed by atoms with van der Waals surface area (Å²) in [7, 11) is 4.05. The van der Waals surface area contributed by atoms with Crippen molar-refractivity contribution >= 4 is 11.6 Å². The van der Waals surface area contributed by atoms with Crippen LogP contribution in [0.5, 0.6) is 0 Å². The lowest BCUT2D eigenvalue weighted by Crippen LogP contribution is -2.32. The van der Waals surface area contributed by atoms with Crippen molar-refractivity contribution in [2.75, 3.05) is 26.0 Å². The van der Waals surface area contributed by atoms with Crippen molar-refractivity contribution in [3.63, 3.8) is 0 Å². The van der Waals surface area contributed by atoms with Crippen molar-refractivity contribution in [2.45, 2.75) is 33.7 Å². The van der Waals surface area contributed by atoms with E-state index in [9.17, 15) is 4.79 Å². The molecule has 0 radical (unpaired) electrons. The quantitative estimate of drug-likeness (QED) is 0.847. The summed E-state index contributed by atoms with van der Waals surface area (Å²) in [5.74, 6) is -0.142. The van der Waals surface area contributed by atoms with Crippen LogP contribution in [-0.2, 0) is 11.3 Å². The Balaban J connectivity index is 2.73. The van der Waals surface area contributed by atoms with E-state index >= 15 is 0 Å². The molecule has 0 fully saturated rings. The molecule has 0 saturated heterocycles. The maximum Gasteiger partial charge on any atom is 0.228 e.